The Morgan fingerprint density at radius 1 is 1.35 bits per heavy atom. The Bertz CT molecular complexity index is 570. The van der Waals surface area contributed by atoms with Crippen molar-refractivity contribution < 1.29 is 4.74 Å². The fourth-order valence-electron chi connectivity index (χ4n) is 2.22. The molecule has 0 bridgehead atoms. The van der Waals surface area contributed by atoms with Gasteiger partial charge in [-0.25, -0.2) is 0 Å². The van der Waals surface area contributed by atoms with Crippen LogP contribution >= 0.6 is 11.6 Å². The number of morpholine rings is 1. The topological polar surface area (TPSA) is 56.1 Å². The van der Waals surface area contributed by atoms with E-state index in [0.29, 0.717) is 17.5 Å². The van der Waals surface area contributed by atoms with Crippen LogP contribution in [0.25, 0.3) is 11.4 Å². The molecule has 1 aliphatic rings. The first-order valence-corrected chi connectivity index (χ1v) is 6.96. The van der Waals surface area contributed by atoms with Gasteiger partial charge in [-0.2, -0.15) is 0 Å². The van der Waals surface area contributed by atoms with Gasteiger partial charge in [0, 0.05) is 23.7 Å². The van der Waals surface area contributed by atoms with Crippen LogP contribution in [0.1, 0.15) is 6.92 Å². The molecular formula is C13H16ClN5O. The number of nitrogens with zero attached hydrogens (tertiary/aromatic N) is 5. The lowest BCUT2D eigenvalue weighted by molar-refractivity contribution is -0.0323. The summed E-state index contributed by atoms with van der Waals surface area (Å²) in [6.45, 7) is 5.23. The second kappa shape index (κ2) is 5.87. The summed E-state index contributed by atoms with van der Waals surface area (Å²) in [5.41, 5.74) is 0.913. The molecule has 0 aliphatic carbocycles. The summed E-state index contributed by atoms with van der Waals surface area (Å²) in [7, 11) is 0. The normalized spacial score (nSPS) is 20.2. The zero-order chi connectivity index (χ0) is 13.9. The van der Waals surface area contributed by atoms with Crippen LogP contribution in [0.3, 0.4) is 0 Å². The van der Waals surface area contributed by atoms with E-state index >= 15 is 0 Å². The van der Waals surface area contributed by atoms with Crippen molar-refractivity contribution in [3.8, 4) is 11.4 Å². The van der Waals surface area contributed by atoms with Crippen LogP contribution in [-0.2, 0) is 11.4 Å². The van der Waals surface area contributed by atoms with Crippen molar-refractivity contribution in [2.24, 2.45) is 0 Å². The van der Waals surface area contributed by atoms with E-state index in [1.54, 1.807) is 4.80 Å². The molecule has 0 radical (unpaired) electrons. The summed E-state index contributed by atoms with van der Waals surface area (Å²) in [6.07, 6.45) is 0.253. The number of aromatic nitrogens is 4. The molecule has 6 nitrogen and oxygen atoms in total. The summed E-state index contributed by atoms with van der Waals surface area (Å²) < 4.78 is 5.51. The first-order valence-electron chi connectivity index (χ1n) is 6.58. The van der Waals surface area contributed by atoms with Crippen molar-refractivity contribution in [1.29, 1.82) is 0 Å². The largest absolute Gasteiger partial charge is 0.376 e. The lowest BCUT2D eigenvalue weighted by atomic mass is 10.2. The van der Waals surface area contributed by atoms with Gasteiger partial charge < -0.3 is 4.74 Å². The standard InChI is InChI=1S/C13H16ClN5O/c1-10-8-18(6-7-20-10)9-19-16-13(15-17-19)11-2-4-12(14)5-3-11/h2-5,10H,6-9H2,1H3/t10-/m1/s1. The van der Waals surface area contributed by atoms with Gasteiger partial charge in [0.05, 0.1) is 12.7 Å². The predicted molar refractivity (Wildman–Crippen MR) is 75.3 cm³/mol. The van der Waals surface area contributed by atoms with Crippen LogP contribution in [0.4, 0.5) is 0 Å². The van der Waals surface area contributed by atoms with E-state index in [-0.39, 0.29) is 6.10 Å². The first kappa shape index (κ1) is 13.5. The van der Waals surface area contributed by atoms with Crippen molar-refractivity contribution in [1.82, 2.24) is 25.1 Å². The number of rotatable bonds is 3. The maximum Gasteiger partial charge on any atom is 0.204 e. The van der Waals surface area contributed by atoms with Gasteiger partial charge in [0.2, 0.25) is 5.82 Å². The number of benzene rings is 1. The number of tetrazole rings is 1. The first-order chi connectivity index (χ1) is 9.70. The van der Waals surface area contributed by atoms with Crippen LogP contribution in [0, 0.1) is 0 Å². The molecule has 7 heteroatoms. The summed E-state index contributed by atoms with van der Waals surface area (Å²) >= 11 is 5.87. The molecule has 0 N–H and O–H groups in total. The minimum Gasteiger partial charge on any atom is -0.376 e. The quantitative estimate of drug-likeness (QED) is 0.862. The molecule has 1 saturated heterocycles. The number of halogens is 1. The molecule has 20 heavy (non-hydrogen) atoms. The van der Waals surface area contributed by atoms with E-state index in [0.717, 1.165) is 25.3 Å². The van der Waals surface area contributed by atoms with Crippen LogP contribution in [0.2, 0.25) is 5.02 Å². The molecule has 106 valence electrons. The Kier molecular flexibility index (Phi) is 3.95. The van der Waals surface area contributed by atoms with Gasteiger partial charge >= 0.3 is 0 Å². The van der Waals surface area contributed by atoms with Crippen LogP contribution in [0.5, 0.6) is 0 Å². The highest BCUT2D eigenvalue weighted by Crippen LogP contribution is 2.17. The van der Waals surface area contributed by atoms with Crippen molar-refractivity contribution in [2.75, 3.05) is 19.7 Å². The van der Waals surface area contributed by atoms with Gasteiger partial charge in [0.1, 0.15) is 6.67 Å². The molecule has 1 aliphatic heterocycles. The molecule has 1 atom stereocenters. The molecule has 2 aromatic rings. The zero-order valence-electron chi connectivity index (χ0n) is 11.2. The van der Waals surface area contributed by atoms with E-state index in [1.165, 1.54) is 0 Å². The summed E-state index contributed by atoms with van der Waals surface area (Å²) in [4.78, 5) is 3.86. The van der Waals surface area contributed by atoms with Gasteiger partial charge in [-0.15, -0.1) is 15.0 Å². The average Bonchev–Trinajstić information content (AvgIpc) is 2.88. The van der Waals surface area contributed by atoms with Crippen molar-refractivity contribution in [3.63, 3.8) is 0 Å². The molecule has 3 rings (SSSR count). The lowest BCUT2D eigenvalue weighted by Crippen LogP contribution is -2.42. The SMILES string of the molecule is C[C@@H]1CN(Cn2nnc(-c3ccc(Cl)cc3)n2)CCO1. The van der Waals surface area contributed by atoms with Crippen molar-refractivity contribution in [3.05, 3.63) is 29.3 Å². The fraction of sp³-hybridized carbons (Fsp3) is 0.462. The second-order valence-electron chi connectivity index (χ2n) is 4.89. The van der Waals surface area contributed by atoms with Crippen molar-refractivity contribution >= 4 is 11.6 Å². The highest BCUT2D eigenvalue weighted by atomic mass is 35.5. The predicted octanol–water partition coefficient (Wildman–Crippen LogP) is 1.67. The summed E-state index contributed by atoms with van der Waals surface area (Å²) in [5, 5.41) is 13.3. The second-order valence-corrected chi connectivity index (χ2v) is 5.33. The Labute approximate surface area is 122 Å². The highest BCUT2D eigenvalue weighted by Gasteiger charge is 2.17. The van der Waals surface area contributed by atoms with Gasteiger partial charge in [-0.3, -0.25) is 4.90 Å². The molecule has 2 heterocycles. The number of hydrogen-bond donors (Lipinski definition) is 0. The Morgan fingerprint density at radius 2 is 2.15 bits per heavy atom. The smallest absolute Gasteiger partial charge is 0.204 e. The minimum absolute atomic E-state index is 0.253. The molecule has 0 amide bonds. The van der Waals surface area contributed by atoms with E-state index < -0.39 is 0 Å². The van der Waals surface area contributed by atoms with Gasteiger partial charge in [-0.1, -0.05) is 11.6 Å². The maximum absolute atomic E-state index is 5.87. The minimum atomic E-state index is 0.253. The number of ether oxygens (including phenoxy) is 1. The van der Waals surface area contributed by atoms with Crippen LogP contribution in [-0.4, -0.2) is 50.9 Å². The third-order valence-electron chi connectivity index (χ3n) is 3.21. The monoisotopic (exact) mass is 293 g/mol. The average molecular weight is 294 g/mol. The Morgan fingerprint density at radius 3 is 2.90 bits per heavy atom. The van der Waals surface area contributed by atoms with E-state index in [2.05, 4.69) is 27.2 Å². The summed E-state index contributed by atoms with van der Waals surface area (Å²) in [6, 6.07) is 7.42. The Hall–Kier alpha value is -1.50. The van der Waals surface area contributed by atoms with Gasteiger partial charge in [0.15, 0.2) is 0 Å². The third-order valence-corrected chi connectivity index (χ3v) is 3.46. The summed E-state index contributed by atoms with van der Waals surface area (Å²) in [5.74, 6) is 0.614. The highest BCUT2D eigenvalue weighted by molar-refractivity contribution is 6.30. The van der Waals surface area contributed by atoms with Crippen LogP contribution < -0.4 is 0 Å². The molecular weight excluding hydrogens is 278 g/mol. The molecule has 0 saturated carbocycles. The van der Waals surface area contributed by atoms with Crippen LogP contribution in [0.15, 0.2) is 24.3 Å². The maximum atomic E-state index is 5.87. The molecule has 1 aromatic heterocycles. The third kappa shape index (κ3) is 3.15. The lowest BCUT2D eigenvalue weighted by Gasteiger charge is -2.30. The molecule has 1 fully saturated rings. The van der Waals surface area contributed by atoms with E-state index in [9.17, 15) is 0 Å². The van der Waals surface area contributed by atoms with Gasteiger partial charge in [0.25, 0.3) is 0 Å². The fourth-order valence-corrected chi connectivity index (χ4v) is 2.34. The van der Waals surface area contributed by atoms with Crippen molar-refractivity contribution in [2.45, 2.75) is 19.7 Å². The molecule has 1 aromatic carbocycles. The van der Waals surface area contributed by atoms with E-state index in [4.69, 9.17) is 16.3 Å². The number of hydrogen-bond acceptors (Lipinski definition) is 5. The van der Waals surface area contributed by atoms with Gasteiger partial charge in [-0.05, 0) is 36.4 Å². The zero-order valence-corrected chi connectivity index (χ0v) is 12.0. The van der Waals surface area contributed by atoms with E-state index in [1.807, 2.05) is 24.3 Å². The molecule has 0 spiro atoms. The Balaban J connectivity index is 1.69. The molecule has 0 unspecified atom stereocenters.